The Hall–Kier alpha value is -3.42. The Morgan fingerprint density at radius 2 is 1.45 bits per heavy atom. The number of nitrogens with one attached hydrogen (secondary N) is 2. The van der Waals surface area contributed by atoms with Crippen molar-refractivity contribution in [3.8, 4) is 0 Å². The van der Waals surface area contributed by atoms with E-state index in [1.165, 1.54) is 0 Å². The number of carboxylic acid groups (broad SMARTS) is 1. The minimum Gasteiger partial charge on any atom is -0.480 e. The zero-order valence-electron chi connectivity index (χ0n) is 15.8. The number of aliphatic carboxylic acids is 1. The van der Waals surface area contributed by atoms with Crippen molar-refractivity contribution in [2.45, 2.75) is 50.2 Å². The van der Waals surface area contributed by atoms with Crippen LogP contribution >= 0.6 is 0 Å². The Morgan fingerprint density at radius 3 is 1.93 bits per heavy atom. The van der Waals surface area contributed by atoms with Gasteiger partial charge in [0, 0.05) is 13.0 Å². The van der Waals surface area contributed by atoms with Crippen LogP contribution in [0.5, 0.6) is 0 Å². The van der Waals surface area contributed by atoms with Gasteiger partial charge in [0.05, 0.1) is 12.5 Å². The number of nitrogens with two attached hydrogens (primary N) is 5. The van der Waals surface area contributed by atoms with Gasteiger partial charge in [0.2, 0.25) is 23.6 Å². The molecule has 0 heterocycles. The molecule has 3 atom stereocenters. The number of carboxylic acids is 1. The largest absolute Gasteiger partial charge is 0.480 e. The van der Waals surface area contributed by atoms with Crippen molar-refractivity contribution in [1.29, 1.82) is 0 Å². The smallest absolute Gasteiger partial charge is 0.326 e. The summed E-state index contributed by atoms with van der Waals surface area (Å²) in [5.74, 6) is -4.91. The van der Waals surface area contributed by atoms with Gasteiger partial charge >= 0.3 is 5.97 Å². The molecule has 0 aromatic carbocycles. The van der Waals surface area contributed by atoms with Crippen molar-refractivity contribution in [3.63, 3.8) is 0 Å². The summed E-state index contributed by atoms with van der Waals surface area (Å²) in [4.78, 5) is 61.4. The van der Waals surface area contributed by atoms with Crippen LogP contribution in [0.3, 0.4) is 0 Å². The molecule has 0 aromatic rings. The second kappa shape index (κ2) is 12.9. The van der Waals surface area contributed by atoms with E-state index in [2.05, 4.69) is 15.6 Å². The lowest BCUT2D eigenvalue weighted by Gasteiger charge is -2.22. The van der Waals surface area contributed by atoms with Crippen LogP contribution in [0.4, 0.5) is 0 Å². The molecule has 0 rings (SSSR count). The summed E-state index contributed by atoms with van der Waals surface area (Å²) in [6.07, 6.45) is -0.513. The van der Waals surface area contributed by atoms with E-state index in [9.17, 15) is 24.0 Å². The Balaban J connectivity index is 5.01. The topological polar surface area (TPSA) is 272 Å². The van der Waals surface area contributed by atoms with Gasteiger partial charge in [-0.15, -0.1) is 0 Å². The molecule has 29 heavy (non-hydrogen) atoms. The van der Waals surface area contributed by atoms with Crippen LogP contribution in [-0.2, 0) is 24.0 Å². The number of guanidine groups is 1. The molecule has 0 radical (unpaired) electrons. The number of hydrogen-bond acceptors (Lipinski definition) is 7. The Kier molecular flexibility index (Phi) is 11.4. The lowest BCUT2D eigenvalue weighted by Crippen LogP contribution is -2.55. The highest BCUT2D eigenvalue weighted by molar-refractivity contribution is 5.93. The molecule has 4 amide bonds. The standard InChI is InChI=1S/C15H28N8O6/c16-7(2-1-5-21-15(19)20)12(26)22-8(3-4-10(17)24)13(27)23-9(14(28)29)6-11(18)25/h7-9H,1-6,16H2,(H2,17,24)(H2,18,25)(H,22,26)(H,23,27)(H,28,29)(H4,19,20,21)/t7-,8-,9-/m0/s1. The van der Waals surface area contributed by atoms with Gasteiger partial charge in [0.15, 0.2) is 5.96 Å². The van der Waals surface area contributed by atoms with Gasteiger partial charge in [-0.25, -0.2) is 4.79 Å². The first kappa shape index (κ1) is 25.6. The van der Waals surface area contributed by atoms with Crippen LogP contribution in [0.1, 0.15) is 32.1 Å². The SMILES string of the molecule is NC(=O)CC[C@H](NC(=O)[C@@H](N)CCCN=C(N)N)C(=O)N[C@@H](CC(N)=O)C(=O)O. The van der Waals surface area contributed by atoms with E-state index in [0.717, 1.165) is 0 Å². The molecule has 14 heteroatoms. The summed E-state index contributed by atoms with van der Waals surface area (Å²) >= 11 is 0. The zero-order valence-corrected chi connectivity index (χ0v) is 15.8. The molecule has 0 bridgehead atoms. The van der Waals surface area contributed by atoms with Crippen molar-refractivity contribution in [1.82, 2.24) is 10.6 Å². The second-order valence-electron chi connectivity index (χ2n) is 6.19. The average Bonchev–Trinajstić information content (AvgIpc) is 2.60. The number of nitrogens with zero attached hydrogens (tertiary/aromatic N) is 1. The molecular weight excluding hydrogens is 388 g/mol. The predicted octanol–water partition coefficient (Wildman–Crippen LogP) is -4.44. The molecular formula is C15H28N8O6. The summed E-state index contributed by atoms with van der Waals surface area (Å²) < 4.78 is 0. The third-order valence-electron chi connectivity index (χ3n) is 3.64. The third kappa shape index (κ3) is 11.8. The molecule has 0 saturated carbocycles. The van der Waals surface area contributed by atoms with Gasteiger partial charge in [-0.05, 0) is 19.3 Å². The third-order valence-corrected chi connectivity index (χ3v) is 3.64. The number of hydrogen-bond donors (Lipinski definition) is 8. The van der Waals surface area contributed by atoms with E-state index >= 15 is 0 Å². The zero-order chi connectivity index (χ0) is 22.6. The van der Waals surface area contributed by atoms with Crippen LogP contribution in [0.2, 0.25) is 0 Å². The minimum atomic E-state index is -1.60. The van der Waals surface area contributed by atoms with Crippen molar-refractivity contribution in [2.75, 3.05) is 6.54 Å². The predicted molar refractivity (Wildman–Crippen MR) is 102 cm³/mol. The molecule has 0 aromatic heterocycles. The Bertz CT molecular complexity index is 649. The monoisotopic (exact) mass is 416 g/mol. The van der Waals surface area contributed by atoms with E-state index in [1.807, 2.05) is 0 Å². The van der Waals surface area contributed by atoms with Crippen LogP contribution < -0.4 is 39.3 Å². The second-order valence-corrected chi connectivity index (χ2v) is 6.19. The molecule has 0 fully saturated rings. The van der Waals surface area contributed by atoms with E-state index in [1.54, 1.807) is 0 Å². The normalized spacial score (nSPS) is 13.4. The van der Waals surface area contributed by atoms with Gasteiger partial charge in [0.1, 0.15) is 12.1 Å². The van der Waals surface area contributed by atoms with E-state index < -0.39 is 54.1 Å². The number of primary amides is 2. The number of aliphatic imine (C=N–C) groups is 1. The van der Waals surface area contributed by atoms with Crippen molar-refractivity contribution >= 4 is 35.6 Å². The molecule has 14 nitrogen and oxygen atoms in total. The van der Waals surface area contributed by atoms with E-state index in [0.29, 0.717) is 6.42 Å². The minimum absolute atomic E-state index is 0.102. The molecule has 0 unspecified atom stereocenters. The van der Waals surface area contributed by atoms with Crippen LogP contribution in [0, 0.1) is 0 Å². The first-order valence-electron chi connectivity index (χ1n) is 8.65. The fourth-order valence-electron chi connectivity index (χ4n) is 2.16. The van der Waals surface area contributed by atoms with Gasteiger partial charge in [0.25, 0.3) is 0 Å². The lowest BCUT2D eigenvalue weighted by molar-refractivity contribution is -0.143. The average molecular weight is 416 g/mol. The maximum absolute atomic E-state index is 12.4. The van der Waals surface area contributed by atoms with Crippen LogP contribution in [0.25, 0.3) is 0 Å². The van der Waals surface area contributed by atoms with Crippen molar-refractivity contribution in [3.05, 3.63) is 0 Å². The number of amides is 4. The lowest BCUT2D eigenvalue weighted by atomic mass is 10.1. The van der Waals surface area contributed by atoms with Gasteiger partial charge in [-0.3, -0.25) is 24.2 Å². The number of rotatable bonds is 14. The maximum Gasteiger partial charge on any atom is 0.326 e. The molecule has 0 spiro atoms. The highest BCUT2D eigenvalue weighted by Crippen LogP contribution is 2.03. The first-order valence-corrected chi connectivity index (χ1v) is 8.65. The van der Waals surface area contributed by atoms with E-state index in [-0.39, 0.29) is 31.8 Å². The highest BCUT2D eigenvalue weighted by atomic mass is 16.4. The molecule has 0 saturated heterocycles. The van der Waals surface area contributed by atoms with E-state index in [4.69, 9.17) is 33.8 Å². The summed E-state index contributed by atoms with van der Waals surface area (Å²) in [5, 5.41) is 13.5. The fourth-order valence-corrected chi connectivity index (χ4v) is 2.16. The molecule has 0 aliphatic rings. The molecule has 164 valence electrons. The Morgan fingerprint density at radius 1 is 0.862 bits per heavy atom. The van der Waals surface area contributed by atoms with Crippen molar-refractivity contribution < 1.29 is 29.1 Å². The number of carbonyl (C=O) groups is 5. The molecule has 0 aliphatic carbocycles. The summed E-state index contributed by atoms with van der Waals surface area (Å²) in [6.45, 7) is 0.252. The van der Waals surface area contributed by atoms with Gasteiger partial charge in [-0.1, -0.05) is 0 Å². The van der Waals surface area contributed by atoms with Crippen LogP contribution in [0.15, 0.2) is 4.99 Å². The maximum atomic E-state index is 12.4. The molecule has 13 N–H and O–H groups in total. The van der Waals surface area contributed by atoms with Crippen molar-refractivity contribution in [2.24, 2.45) is 33.7 Å². The van der Waals surface area contributed by atoms with Gasteiger partial charge < -0.3 is 44.4 Å². The van der Waals surface area contributed by atoms with Crippen LogP contribution in [-0.4, -0.2) is 65.3 Å². The number of carbonyl (C=O) groups excluding carboxylic acids is 4. The summed E-state index contributed by atoms with van der Waals surface area (Å²) in [5.41, 5.74) is 26.1. The first-order chi connectivity index (χ1) is 13.4. The highest BCUT2D eigenvalue weighted by Gasteiger charge is 2.29. The molecule has 0 aliphatic heterocycles. The fraction of sp³-hybridized carbons (Fsp3) is 0.600. The Labute approximate surface area is 166 Å². The quantitative estimate of drug-likeness (QED) is 0.0769. The summed E-state index contributed by atoms with van der Waals surface area (Å²) in [6, 6.07) is -3.90. The van der Waals surface area contributed by atoms with Gasteiger partial charge in [-0.2, -0.15) is 0 Å². The summed E-state index contributed by atoms with van der Waals surface area (Å²) in [7, 11) is 0.